The van der Waals surface area contributed by atoms with Crippen molar-refractivity contribution in [3.05, 3.63) is 82.0 Å². The zero-order chi connectivity index (χ0) is 20.4. The summed E-state index contributed by atoms with van der Waals surface area (Å²) in [6.45, 7) is 2.77. The number of para-hydroxylation sites is 1. The average molecular weight is 427 g/mol. The number of nitrogens with one attached hydrogen (secondary N) is 1. The Balaban J connectivity index is 1.54. The number of nitrogens with zero attached hydrogens (tertiary/aromatic N) is 1. The highest BCUT2D eigenvalue weighted by molar-refractivity contribution is 7.92. The summed E-state index contributed by atoms with van der Waals surface area (Å²) in [4.78, 5) is 16.5. The van der Waals surface area contributed by atoms with Gasteiger partial charge in [0, 0.05) is 22.7 Å². The second kappa shape index (κ2) is 8.00. The number of thiophene rings is 1. The highest BCUT2D eigenvalue weighted by Gasteiger charge is 2.31. The van der Waals surface area contributed by atoms with Crippen LogP contribution in [0.1, 0.15) is 40.2 Å². The van der Waals surface area contributed by atoms with E-state index in [2.05, 4.69) is 23.1 Å². The van der Waals surface area contributed by atoms with Crippen molar-refractivity contribution in [1.29, 1.82) is 0 Å². The maximum atomic E-state index is 13.1. The normalized spacial score (nSPS) is 16.3. The number of carbonyl (C=O) groups excluding carboxylic acids is 1. The number of fused-ring (bicyclic) bond motifs is 1. The molecule has 2 heterocycles. The molecule has 0 radical (unpaired) electrons. The third-order valence-corrected chi connectivity index (χ3v) is 7.57. The first kappa shape index (κ1) is 19.7. The third-order valence-electron chi connectivity index (χ3n) is 5.18. The average Bonchev–Trinajstić information content (AvgIpc) is 3.22. The van der Waals surface area contributed by atoms with Crippen LogP contribution in [0.25, 0.3) is 0 Å². The van der Waals surface area contributed by atoms with Gasteiger partial charge in [0.2, 0.25) is 0 Å². The quantitative estimate of drug-likeness (QED) is 0.643. The molecule has 1 atom stereocenters. The molecule has 1 aliphatic heterocycles. The lowest BCUT2D eigenvalue weighted by Crippen LogP contribution is -2.39. The van der Waals surface area contributed by atoms with Crippen molar-refractivity contribution in [3.63, 3.8) is 0 Å². The van der Waals surface area contributed by atoms with Crippen molar-refractivity contribution in [2.45, 2.75) is 30.7 Å². The molecule has 29 heavy (non-hydrogen) atoms. The molecule has 0 bridgehead atoms. The molecule has 4 rings (SSSR count). The molecule has 0 fully saturated rings. The van der Waals surface area contributed by atoms with E-state index in [9.17, 15) is 13.2 Å². The van der Waals surface area contributed by atoms with Gasteiger partial charge in [-0.3, -0.25) is 9.52 Å². The Bertz CT molecular complexity index is 1110. The monoisotopic (exact) mass is 426 g/mol. The molecule has 0 aliphatic carbocycles. The topological polar surface area (TPSA) is 66.5 Å². The lowest BCUT2D eigenvalue weighted by atomic mass is 9.97. The summed E-state index contributed by atoms with van der Waals surface area (Å²) in [5, 5.41) is 2.08. The van der Waals surface area contributed by atoms with Gasteiger partial charge in [-0.2, -0.15) is 0 Å². The Morgan fingerprint density at radius 1 is 1.10 bits per heavy atom. The van der Waals surface area contributed by atoms with Crippen molar-refractivity contribution in [2.24, 2.45) is 0 Å². The van der Waals surface area contributed by atoms with Crippen LogP contribution in [0.4, 0.5) is 5.69 Å². The van der Waals surface area contributed by atoms with Gasteiger partial charge < -0.3 is 4.90 Å². The van der Waals surface area contributed by atoms with E-state index in [4.69, 9.17) is 0 Å². The molecule has 150 valence electrons. The van der Waals surface area contributed by atoms with Crippen LogP contribution >= 0.6 is 11.3 Å². The molecule has 3 aromatic rings. The van der Waals surface area contributed by atoms with Gasteiger partial charge in [0.25, 0.3) is 15.9 Å². The van der Waals surface area contributed by atoms with E-state index in [0.29, 0.717) is 17.8 Å². The minimum atomic E-state index is -3.70. The number of sulfonamides is 1. The van der Waals surface area contributed by atoms with Gasteiger partial charge in [-0.15, -0.1) is 11.3 Å². The van der Waals surface area contributed by atoms with Crippen LogP contribution in [-0.4, -0.2) is 25.8 Å². The van der Waals surface area contributed by atoms with E-state index < -0.39 is 10.0 Å². The molecule has 1 aromatic heterocycles. The SMILES string of the molecule is CC[C@@H]1c2ccsc2CCN1C(=O)c1ccc(S(=O)(=O)Nc2ccccc2)cc1. The van der Waals surface area contributed by atoms with Gasteiger partial charge in [-0.05, 0) is 66.2 Å². The van der Waals surface area contributed by atoms with Crippen LogP contribution in [-0.2, 0) is 16.4 Å². The molecule has 1 amide bonds. The smallest absolute Gasteiger partial charge is 0.261 e. The zero-order valence-corrected chi connectivity index (χ0v) is 17.7. The Labute approximate surface area is 175 Å². The number of amides is 1. The van der Waals surface area contributed by atoms with Crippen LogP contribution < -0.4 is 4.72 Å². The number of rotatable bonds is 5. The maximum absolute atomic E-state index is 13.1. The Morgan fingerprint density at radius 2 is 1.83 bits per heavy atom. The van der Waals surface area contributed by atoms with E-state index in [1.165, 1.54) is 22.6 Å². The summed E-state index contributed by atoms with van der Waals surface area (Å²) in [5.74, 6) is -0.0614. The first-order valence-corrected chi connectivity index (χ1v) is 11.9. The van der Waals surface area contributed by atoms with Crippen molar-refractivity contribution >= 4 is 33.0 Å². The highest BCUT2D eigenvalue weighted by atomic mass is 32.2. The lowest BCUT2D eigenvalue weighted by Gasteiger charge is -2.35. The number of hydrogen-bond acceptors (Lipinski definition) is 4. The van der Waals surface area contributed by atoms with Gasteiger partial charge in [0.1, 0.15) is 0 Å². The Morgan fingerprint density at radius 3 is 2.52 bits per heavy atom. The van der Waals surface area contributed by atoms with Crippen molar-refractivity contribution < 1.29 is 13.2 Å². The molecule has 1 aliphatic rings. The third kappa shape index (κ3) is 3.93. The summed E-state index contributed by atoms with van der Waals surface area (Å²) < 4.78 is 27.7. The number of anilines is 1. The predicted octanol–water partition coefficient (Wildman–Crippen LogP) is 4.70. The standard InChI is InChI=1S/C22H22N2O3S2/c1-2-20-19-13-15-28-21(19)12-14-24(20)22(25)16-8-10-18(11-9-16)29(26,27)23-17-6-4-3-5-7-17/h3-11,13,15,20,23H,2,12,14H2,1H3/t20-/m1/s1. The first-order chi connectivity index (χ1) is 14.0. The van der Waals surface area contributed by atoms with Crippen LogP contribution in [0.3, 0.4) is 0 Å². The van der Waals surface area contributed by atoms with Crippen LogP contribution in [0.15, 0.2) is 70.9 Å². The molecule has 2 aromatic carbocycles. The predicted molar refractivity (Wildman–Crippen MR) is 116 cm³/mol. The van der Waals surface area contributed by atoms with Crippen LogP contribution in [0, 0.1) is 0 Å². The number of benzene rings is 2. The van der Waals surface area contributed by atoms with E-state index >= 15 is 0 Å². The molecule has 0 unspecified atom stereocenters. The molecule has 0 saturated carbocycles. The van der Waals surface area contributed by atoms with Gasteiger partial charge in [-0.1, -0.05) is 25.1 Å². The summed E-state index contributed by atoms with van der Waals surface area (Å²) in [6.07, 6.45) is 1.71. The van der Waals surface area contributed by atoms with Gasteiger partial charge >= 0.3 is 0 Å². The minimum Gasteiger partial charge on any atom is -0.331 e. The fraction of sp³-hybridized carbons (Fsp3) is 0.227. The van der Waals surface area contributed by atoms with E-state index in [1.807, 2.05) is 11.0 Å². The van der Waals surface area contributed by atoms with E-state index in [0.717, 1.165) is 12.8 Å². The second-order valence-corrected chi connectivity index (χ2v) is 9.65. The number of carbonyl (C=O) groups is 1. The highest BCUT2D eigenvalue weighted by Crippen LogP contribution is 2.36. The molecule has 5 nitrogen and oxygen atoms in total. The Hall–Kier alpha value is -2.64. The van der Waals surface area contributed by atoms with Crippen molar-refractivity contribution in [1.82, 2.24) is 4.90 Å². The van der Waals surface area contributed by atoms with E-state index in [1.54, 1.807) is 47.7 Å². The van der Waals surface area contributed by atoms with Gasteiger partial charge in [0.15, 0.2) is 0 Å². The lowest BCUT2D eigenvalue weighted by molar-refractivity contribution is 0.0657. The Kier molecular flexibility index (Phi) is 5.43. The molecule has 0 spiro atoms. The summed E-state index contributed by atoms with van der Waals surface area (Å²) in [7, 11) is -3.70. The fourth-order valence-corrected chi connectivity index (χ4v) is 5.73. The fourth-order valence-electron chi connectivity index (χ4n) is 3.74. The minimum absolute atomic E-state index is 0.0614. The summed E-state index contributed by atoms with van der Waals surface area (Å²) in [5.41, 5.74) is 2.24. The summed E-state index contributed by atoms with van der Waals surface area (Å²) >= 11 is 1.75. The molecular formula is C22H22N2O3S2. The van der Waals surface area contributed by atoms with Gasteiger partial charge in [-0.25, -0.2) is 8.42 Å². The van der Waals surface area contributed by atoms with Crippen molar-refractivity contribution in [2.75, 3.05) is 11.3 Å². The van der Waals surface area contributed by atoms with Crippen molar-refractivity contribution in [3.8, 4) is 0 Å². The van der Waals surface area contributed by atoms with Crippen LogP contribution in [0.5, 0.6) is 0 Å². The van der Waals surface area contributed by atoms with E-state index in [-0.39, 0.29) is 16.8 Å². The molecule has 7 heteroatoms. The second-order valence-electron chi connectivity index (χ2n) is 6.97. The summed E-state index contributed by atoms with van der Waals surface area (Å²) in [6, 6.07) is 17.1. The maximum Gasteiger partial charge on any atom is 0.261 e. The van der Waals surface area contributed by atoms with Gasteiger partial charge in [0.05, 0.1) is 10.9 Å². The zero-order valence-electron chi connectivity index (χ0n) is 16.0. The largest absolute Gasteiger partial charge is 0.331 e. The molecular weight excluding hydrogens is 404 g/mol. The number of hydrogen-bond donors (Lipinski definition) is 1. The van der Waals surface area contributed by atoms with Crippen LogP contribution in [0.2, 0.25) is 0 Å². The molecule has 0 saturated heterocycles. The first-order valence-electron chi connectivity index (χ1n) is 9.55. The molecule has 1 N–H and O–H groups in total.